The van der Waals surface area contributed by atoms with E-state index in [1.165, 1.54) is 0 Å². The molecule has 0 saturated carbocycles. The van der Waals surface area contributed by atoms with Crippen molar-refractivity contribution in [1.82, 2.24) is 10.9 Å². The molecule has 0 radical (unpaired) electrons. The molecule has 0 aliphatic rings. The van der Waals surface area contributed by atoms with Crippen LogP contribution in [0.15, 0.2) is 42.5 Å². The predicted octanol–water partition coefficient (Wildman–Crippen LogP) is 2.47. The summed E-state index contributed by atoms with van der Waals surface area (Å²) >= 11 is 0. The van der Waals surface area contributed by atoms with Crippen LogP contribution < -0.4 is 25.1 Å². The van der Waals surface area contributed by atoms with Crippen molar-refractivity contribution >= 4 is 5.91 Å². The maximum absolute atomic E-state index is 11.9. The number of amides is 1. The first-order chi connectivity index (χ1) is 12.2. The fraction of sp³-hybridized carbons (Fsp3) is 0.316. The highest BCUT2D eigenvalue weighted by molar-refractivity contribution is 5.75. The Kier molecular flexibility index (Phi) is 7.10. The Balaban J connectivity index is 1.87. The molecule has 2 rings (SSSR count). The molecule has 0 spiro atoms. The van der Waals surface area contributed by atoms with Gasteiger partial charge in [0.25, 0.3) is 0 Å². The molecular formula is C19H24N2O4. The van der Waals surface area contributed by atoms with Crippen molar-refractivity contribution in [3.63, 3.8) is 0 Å². The zero-order valence-electron chi connectivity index (χ0n) is 14.8. The third-order valence-corrected chi connectivity index (χ3v) is 3.78. The standard InChI is InChI=1S/C19H24N2O4/c1-23-16-11-10-15(18(24-2)19(16)25-3)13-20-21-17(22)12-9-14-7-5-4-6-8-14/h4-8,10-11,20H,9,12-13H2,1-3H3,(H,21,22). The van der Waals surface area contributed by atoms with E-state index in [-0.39, 0.29) is 5.91 Å². The van der Waals surface area contributed by atoms with E-state index in [1.807, 2.05) is 36.4 Å². The smallest absolute Gasteiger partial charge is 0.234 e. The summed E-state index contributed by atoms with van der Waals surface area (Å²) in [4.78, 5) is 11.9. The Morgan fingerprint density at radius 1 is 0.920 bits per heavy atom. The number of aryl methyl sites for hydroxylation is 1. The van der Waals surface area contributed by atoms with Crippen molar-refractivity contribution in [2.75, 3.05) is 21.3 Å². The van der Waals surface area contributed by atoms with E-state index < -0.39 is 0 Å². The van der Waals surface area contributed by atoms with E-state index in [4.69, 9.17) is 14.2 Å². The van der Waals surface area contributed by atoms with Crippen molar-refractivity contribution in [1.29, 1.82) is 0 Å². The van der Waals surface area contributed by atoms with Gasteiger partial charge in [0.2, 0.25) is 11.7 Å². The summed E-state index contributed by atoms with van der Waals surface area (Å²) < 4.78 is 16.0. The van der Waals surface area contributed by atoms with Crippen LogP contribution in [0.1, 0.15) is 17.5 Å². The van der Waals surface area contributed by atoms with Gasteiger partial charge in [0.1, 0.15) is 0 Å². The Morgan fingerprint density at radius 3 is 2.28 bits per heavy atom. The molecule has 25 heavy (non-hydrogen) atoms. The number of nitrogens with one attached hydrogen (secondary N) is 2. The summed E-state index contributed by atoms with van der Waals surface area (Å²) in [6.45, 7) is 0.403. The lowest BCUT2D eigenvalue weighted by molar-refractivity contribution is -0.122. The molecule has 2 aromatic rings. The van der Waals surface area contributed by atoms with Gasteiger partial charge in [0, 0.05) is 18.5 Å². The number of carbonyl (C=O) groups excluding carboxylic acids is 1. The highest BCUT2D eigenvalue weighted by atomic mass is 16.5. The number of benzene rings is 2. The van der Waals surface area contributed by atoms with Crippen LogP contribution in [0.4, 0.5) is 0 Å². The first kappa shape index (κ1) is 18.6. The van der Waals surface area contributed by atoms with Crippen LogP contribution >= 0.6 is 0 Å². The molecule has 0 unspecified atom stereocenters. The SMILES string of the molecule is COc1ccc(CNNC(=O)CCc2ccccc2)c(OC)c1OC. The summed E-state index contributed by atoms with van der Waals surface area (Å²) in [5.41, 5.74) is 7.62. The monoisotopic (exact) mass is 344 g/mol. The fourth-order valence-corrected chi connectivity index (χ4v) is 2.51. The second-order valence-corrected chi connectivity index (χ2v) is 5.38. The Morgan fingerprint density at radius 2 is 1.64 bits per heavy atom. The Hall–Kier alpha value is -2.73. The van der Waals surface area contributed by atoms with Gasteiger partial charge in [-0.25, -0.2) is 5.43 Å². The zero-order valence-corrected chi connectivity index (χ0v) is 14.8. The van der Waals surface area contributed by atoms with Gasteiger partial charge in [0.05, 0.1) is 21.3 Å². The average Bonchev–Trinajstić information content (AvgIpc) is 2.66. The first-order valence-corrected chi connectivity index (χ1v) is 8.03. The van der Waals surface area contributed by atoms with Crippen LogP contribution in [-0.4, -0.2) is 27.2 Å². The van der Waals surface area contributed by atoms with E-state index in [0.717, 1.165) is 11.1 Å². The second-order valence-electron chi connectivity index (χ2n) is 5.38. The van der Waals surface area contributed by atoms with Gasteiger partial charge in [-0.15, -0.1) is 0 Å². The minimum atomic E-state index is -0.0664. The van der Waals surface area contributed by atoms with Gasteiger partial charge in [-0.1, -0.05) is 30.3 Å². The van der Waals surface area contributed by atoms with Gasteiger partial charge >= 0.3 is 0 Å². The molecule has 0 aliphatic heterocycles. The van der Waals surface area contributed by atoms with E-state index in [9.17, 15) is 4.79 Å². The van der Waals surface area contributed by atoms with Gasteiger partial charge in [-0.3, -0.25) is 10.2 Å². The summed E-state index contributed by atoms with van der Waals surface area (Å²) in [5, 5.41) is 0. The topological polar surface area (TPSA) is 68.8 Å². The molecule has 2 aromatic carbocycles. The number of methoxy groups -OCH3 is 3. The van der Waals surface area contributed by atoms with E-state index in [1.54, 1.807) is 27.4 Å². The molecular weight excluding hydrogens is 320 g/mol. The number of hydrogen-bond donors (Lipinski definition) is 2. The molecule has 2 N–H and O–H groups in total. The summed E-state index contributed by atoms with van der Waals surface area (Å²) in [6, 6.07) is 13.6. The van der Waals surface area contributed by atoms with Crippen LogP contribution in [0.25, 0.3) is 0 Å². The van der Waals surface area contributed by atoms with Crippen LogP contribution in [0.3, 0.4) is 0 Å². The van der Waals surface area contributed by atoms with Crippen LogP contribution in [0.2, 0.25) is 0 Å². The molecule has 0 bridgehead atoms. The third-order valence-electron chi connectivity index (χ3n) is 3.78. The molecule has 0 aliphatic carbocycles. The summed E-state index contributed by atoms with van der Waals surface area (Å²) in [5.74, 6) is 1.63. The lowest BCUT2D eigenvalue weighted by Gasteiger charge is -2.16. The molecule has 0 heterocycles. The molecule has 6 nitrogen and oxygen atoms in total. The number of hydrogen-bond acceptors (Lipinski definition) is 5. The minimum Gasteiger partial charge on any atom is -0.493 e. The van der Waals surface area contributed by atoms with Crippen molar-refractivity contribution < 1.29 is 19.0 Å². The number of hydrazine groups is 1. The molecule has 6 heteroatoms. The van der Waals surface area contributed by atoms with E-state index in [0.29, 0.717) is 36.6 Å². The maximum atomic E-state index is 11.9. The Labute approximate surface area is 148 Å². The molecule has 0 aromatic heterocycles. The van der Waals surface area contributed by atoms with Crippen molar-refractivity contribution in [2.45, 2.75) is 19.4 Å². The minimum absolute atomic E-state index is 0.0664. The third kappa shape index (κ3) is 5.12. The predicted molar refractivity (Wildman–Crippen MR) is 95.8 cm³/mol. The van der Waals surface area contributed by atoms with Gasteiger partial charge in [-0.05, 0) is 24.1 Å². The highest BCUT2D eigenvalue weighted by Gasteiger charge is 2.15. The molecule has 1 amide bonds. The number of rotatable bonds is 9. The quantitative estimate of drug-likeness (QED) is 0.684. The molecule has 0 saturated heterocycles. The first-order valence-electron chi connectivity index (χ1n) is 8.03. The van der Waals surface area contributed by atoms with E-state index >= 15 is 0 Å². The maximum Gasteiger partial charge on any atom is 0.234 e. The van der Waals surface area contributed by atoms with Gasteiger partial charge in [-0.2, -0.15) is 0 Å². The number of carbonyl (C=O) groups is 1. The summed E-state index contributed by atoms with van der Waals surface area (Å²) in [6.07, 6.45) is 1.12. The Bertz CT molecular complexity index is 689. The molecule has 0 fully saturated rings. The van der Waals surface area contributed by atoms with Gasteiger partial charge < -0.3 is 14.2 Å². The van der Waals surface area contributed by atoms with Crippen molar-refractivity contribution in [3.05, 3.63) is 53.6 Å². The van der Waals surface area contributed by atoms with Crippen LogP contribution in [0.5, 0.6) is 17.2 Å². The second kappa shape index (κ2) is 9.54. The molecule has 134 valence electrons. The fourth-order valence-electron chi connectivity index (χ4n) is 2.51. The largest absolute Gasteiger partial charge is 0.493 e. The van der Waals surface area contributed by atoms with Gasteiger partial charge in [0.15, 0.2) is 11.5 Å². The average molecular weight is 344 g/mol. The zero-order chi connectivity index (χ0) is 18.1. The number of ether oxygens (including phenoxy) is 3. The lowest BCUT2D eigenvalue weighted by Crippen LogP contribution is -2.37. The van der Waals surface area contributed by atoms with Crippen molar-refractivity contribution in [3.8, 4) is 17.2 Å². The lowest BCUT2D eigenvalue weighted by atomic mass is 10.1. The molecule has 0 atom stereocenters. The highest BCUT2D eigenvalue weighted by Crippen LogP contribution is 2.39. The van der Waals surface area contributed by atoms with Crippen molar-refractivity contribution in [2.24, 2.45) is 0 Å². The van der Waals surface area contributed by atoms with Crippen LogP contribution in [-0.2, 0) is 17.8 Å². The van der Waals surface area contributed by atoms with Crippen LogP contribution in [0, 0.1) is 0 Å². The normalized spacial score (nSPS) is 10.2. The van der Waals surface area contributed by atoms with E-state index in [2.05, 4.69) is 10.9 Å². The summed E-state index contributed by atoms with van der Waals surface area (Å²) in [7, 11) is 4.70.